The van der Waals surface area contributed by atoms with Crippen LogP contribution in [0.1, 0.15) is 30.9 Å². The molecule has 0 aromatic heterocycles. The fraction of sp³-hybridized carbons (Fsp3) is 0.480. The van der Waals surface area contributed by atoms with E-state index in [1.54, 1.807) is 0 Å². The summed E-state index contributed by atoms with van der Waals surface area (Å²) in [7, 11) is 0. The van der Waals surface area contributed by atoms with Gasteiger partial charge in [0.05, 0.1) is 19.8 Å². The van der Waals surface area contributed by atoms with Crippen molar-refractivity contribution in [2.24, 2.45) is 10.9 Å². The molecule has 2 N–H and O–H groups in total. The molecular formula is C25H35N3O3. The second-order valence-electron chi connectivity index (χ2n) is 7.65. The third kappa shape index (κ3) is 8.59. The van der Waals surface area contributed by atoms with Gasteiger partial charge in [-0.25, -0.2) is 4.99 Å². The Kier molecular flexibility index (Phi) is 10.2. The lowest BCUT2D eigenvalue weighted by molar-refractivity contribution is 0.0888. The summed E-state index contributed by atoms with van der Waals surface area (Å²) in [5.74, 6) is 2.27. The molecule has 6 nitrogen and oxygen atoms in total. The molecule has 1 aliphatic heterocycles. The molecule has 0 spiro atoms. The number of benzene rings is 2. The first-order chi connectivity index (χ1) is 15.3. The van der Waals surface area contributed by atoms with E-state index in [9.17, 15) is 0 Å². The summed E-state index contributed by atoms with van der Waals surface area (Å²) < 4.78 is 17.1. The summed E-state index contributed by atoms with van der Waals surface area (Å²) in [5.41, 5.74) is 2.31. The Morgan fingerprint density at radius 1 is 1.06 bits per heavy atom. The molecular weight excluding hydrogens is 390 g/mol. The molecule has 6 heteroatoms. The van der Waals surface area contributed by atoms with Crippen LogP contribution in [0, 0.1) is 5.92 Å². The van der Waals surface area contributed by atoms with Gasteiger partial charge in [-0.1, -0.05) is 42.5 Å². The predicted octanol–water partition coefficient (Wildman–Crippen LogP) is 3.76. The van der Waals surface area contributed by atoms with E-state index in [0.717, 1.165) is 75.2 Å². The van der Waals surface area contributed by atoms with Gasteiger partial charge in [0.2, 0.25) is 0 Å². The monoisotopic (exact) mass is 425 g/mol. The number of guanidine groups is 1. The van der Waals surface area contributed by atoms with Crippen molar-refractivity contribution in [3.05, 3.63) is 65.7 Å². The van der Waals surface area contributed by atoms with Crippen molar-refractivity contribution >= 4 is 5.96 Å². The highest BCUT2D eigenvalue weighted by molar-refractivity contribution is 5.79. The van der Waals surface area contributed by atoms with Crippen LogP contribution in [-0.4, -0.2) is 45.5 Å². The fourth-order valence-electron chi connectivity index (χ4n) is 3.38. The number of hydrogen-bond donors (Lipinski definition) is 2. The van der Waals surface area contributed by atoms with E-state index in [0.29, 0.717) is 19.1 Å². The Morgan fingerprint density at radius 2 is 1.87 bits per heavy atom. The lowest BCUT2D eigenvalue weighted by Crippen LogP contribution is -2.38. The average molecular weight is 426 g/mol. The number of rotatable bonds is 12. The van der Waals surface area contributed by atoms with Gasteiger partial charge in [-0.3, -0.25) is 0 Å². The number of ether oxygens (including phenoxy) is 3. The van der Waals surface area contributed by atoms with Gasteiger partial charge in [-0.2, -0.15) is 0 Å². The Hall–Kier alpha value is -2.57. The van der Waals surface area contributed by atoms with Crippen LogP contribution in [0.4, 0.5) is 0 Å². The molecule has 2 aromatic rings. The standard InChI is InChI=1S/C25H35N3O3/c1-2-26-25(27-14-8-15-29-18-21-13-16-30-19-21)28-17-22-9-6-7-10-23(22)20-31-24-11-4-3-5-12-24/h3-7,9-12,21H,2,8,13-20H2,1H3,(H2,26,27,28). The van der Waals surface area contributed by atoms with Gasteiger partial charge in [-0.15, -0.1) is 0 Å². The summed E-state index contributed by atoms with van der Waals surface area (Å²) in [6.45, 7) is 8.12. The predicted molar refractivity (Wildman–Crippen MR) is 124 cm³/mol. The maximum Gasteiger partial charge on any atom is 0.191 e. The minimum Gasteiger partial charge on any atom is -0.489 e. The zero-order chi connectivity index (χ0) is 21.6. The van der Waals surface area contributed by atoms with Gasteiger partial charge < -0.3 is 24.8 Å². The van der Waals surface area contributed by atoms with Gasteiger partial charge in [-0.05, 0) is 43.0 Å². The number of aliphatic imine (C=N–C) groups is 1. The fourth-order valence-corrected chi connectivity index (χ4v) is 3.38. The quantitative estimate of drug-likeness (QED) is 0.308. The third-order valence-corrected chi connectivity index (χ3v) is 5.14. The normalized spacial score (nSPS) is 16.3. The maximum absolute atomic E-state index is 5.92. The molecule has 1 saturated heterocycles. The van der Waals surface area contributed by atoms with E-state index in [1.165, 1.54) is 0 Å². The number of nitrogens with zero attached hydrogens (tertiary/aromatic N) is 1. The molecule has 31 heavy (non-hydrogen) atoms. The number of para-hydroxylation sites is 1. The molecule has 168 valence electrons. The van der Waals surface area contributed by atoms with E-state index < -0.39 is 0 Å². The molecule has 0 radical (unpaired) electrons. The summed E-state index contributed by atoms with van der Waals surface area (Å²) in [5, 5.41) is 6.72. The smallest absolute Gasteiger partial charge is 0.191 e. The van der Waals surface area contributed by atoms with Gasteiger partial charge in [0.25, 0.3) is 0 Å². The second-order valence-corrected chi connectivity index (χ2v) is 7.65. The lowest BCUT2D eigenvalue weighted by Gasteiger charge is -2.13. The van der Waals surface area contributed by atoms with Crippen LogP contribution in [0.5, 0.6) is 5.75 Å². The Labute approximate surface area is 186 Å². The van der Waals surface area contributed by atoms with Crippen LogP contribution in [0.3, 0.4) is 0 Å². The van der Waals surface area contributed by atoms with Gasteiger partial charge in [0.15, 0.2) is 5.96 Å². The largest absolute Gasteiger partial charge is 0.489 e. The van der Waals surface area contributed by atoms with E-state index in [-0.39, 0.29) is 0 Å². The number of nitrogens with one attached hydrogen (secondary N) is 2. The maximum atomic E-state index is 5.92. The van der Waals surface area contributed by atoms with Gasteiger partial charge in [0.1, 0.15) is 12.4 Å². The topological polar surface area (TPSA) is 64.1 Å². The molecule has 0 saturated carbocycles. The summed E-state index contributed by atoms with van der Waals surface area (Å²) in [6.07, 6.45) is 2.06. The second kappa shape index (κ2) is 13.7. The van der Waals surface area contributed by atoms with Crippen LogP contribution in [0.2, 0.25) is 0 Å². The zero-order valence-corrected chi connectivity index (χ0v) is 18.5. The van der Waals surface area contributed by atoms with Crippen LogP contribution < -0.4 is 15.4 Å². The molecule has 1 fully saturated rings. The SMILES string of the molecule is CCNC(=NCc1ccccc1COc1ccccc1)NCCCOCC1CCOC1. The highest BCUT2D eigenvalue weighted by Crippen LogP contribution is 2.15. The first-order valence-electron chi connectivity index (χ1n) is 11.3. The lowest BCUT2D eigenvalue weighted by atomic mass is 10.1. The van der Waals surface area contributed by atoms with Gasteiger partial charge in [0, 0.05) is 32.2 Å². The Bertz CT molecular complexity index is 777. The number of hydrogen-bond acceptors (Lipinski definition) is 4. The van der Waals surface area contributed by atoms with Crippen LogP contribution in [0.25, 0.3) is 0 Å². The molecule has 1 atom stereocenters. The summed E-state index contributed by atoms with van der Waals surface area (Å²) in [6, 6.07) is 18.2. The van der Waals surface area contributed by atoms with Crippen molar-refractivity contribution in [3.63, 3.8) is 0 Å². The molecule has 0 aliphatic carbocycles. The minimum atomic E-state index is 0.531. The molecule has 1 heterocycles. The van der Waals surface area contributed by atoms with E-state index in [4.69, 9.17) is 19.2 Å². The van der Waals surface area contributed by atoms with Crippen LogP contribution in [0.15, 0.2) is 59.6 Å². The van der Waals surface area contributed by atoms with Crippen LogP contribution >= 0.6 is 0 Å². The van der Waals surface area contributed by atoms with E-state index >= 15 is 0 Å². The molecule has 0 amide bonds. The van der Waals surface area contributed by atoms with Crippen molar-refractivity contribution < 1.29 is 14.2 Å². The highest BCUT2D eigenvalue weighted by atomic mass is 16.5. The Morgan fingerprint density at radius 3 is 2.65 bits per heavy atom. The van der Waals surface area contributed by atoms with Crippen molar-refractivity contribution in [2.75, 3.05) is 39.5 Å². The Balaban J connectivity index is 1.43. The first-order valence-corrected chi connectivity index (χ1v) is 11.3. The van der Waals surface area contributed by atoms with E-state index in [2.05, 4.69) is 29.7 Å². The molecule has 3 rings (SSSR count). The van der Waals surface area contributed by atoms with Gasteiger partial charge >= 0.3 is 0 Å². The highest BCUT2D eigenvalue weighted by Gasteiger charge is 2.15. The molecule has 0 bridgehead atoms. The van der Waals surface area contributed by atoms with Crippen molar-refractivity contribution in [1.29, 1.82) is 0 Å². The molecule has 1 unspecified atom stereocenters. The van der Waals surface area contributed by atoms with Crippen molar-refractivity contribution in [2.45, 2.75) is 32.9 Å². The zero-order valence-electron chi connectivity index (χ0n) is 18.5. The average Bonchev–Trinajstić information content (AvgIpc) is 3.33. The van der Waals surface area contributed by atoms with Crippen molar-refractivity contribution in [1.82, 2.24) is 10.6 Å². The summed E-state index contributed by atoms with van der Waals surface area (Å²) >= 11 is 0. The third-order valence-electron chi connectivity index (χ3n) is 5.14. The van der Waals surface area contributed by atoms with Crippen molar-refractivity contribution in [3.8, 4) is 5.75 Å². The minimum absolute atomic E-state index is 0.531. The molecule has 1 aliphatic rings. The van der Waals surface area contributed by atoms with E-state index in [1.807, 2.05) is 42.5 Å². The summed E-state index contributed by atoms with van der Waals surface area (Å²) in [4.78, 5) is 4.76. The first kappa shape index (κ1) is 23.1. The van der Waals surface area contributed by atoms with Crippen LogP contribution in [-0.2, 0) is 22.6 Å². The molecule has 2 aromatic carbocycles.